The first kappa shape index (κ1) is 20.9. The minimum Gasteiger partial charge on any atom is -0.494 e. The fraction of sp³-hybridized carbons (Fsp3) is 0.455. The molecule has 2 aromatic rings. The molecule has 3 rings (SSSR count). The number of rotatable bonds is 9. The third kappa shape index (κ3) is 6.34. The van der Waals surface area contributed by atoms with Crippen LogP contribution in [0.1, 0.15) is 43.9 Å². The summed E-state index contributed by atoms with van der Waals surface area (Å²) in [6, 6.07) is 8.69. The second-order valence-corrected chi connectivity index (χ2v) is 7.21. The number of ether oxygens (including phenoxy) is 2. The summed E-state index contributed by atoms with van der Waals surface area (Å²) >= 11 is 0. The molecule has 1 unspecified atom stereocenters. The van der Waals surface area contributed by atoms with Crippen molar-refractivity contribution >= 4 is 5.96 Å². The van der Waals surface area contributed by atoms with Gasteiger partial charge in [0, 0.05) is 18.8 Å². The predicted octanol–water partition coefficient (Wildman–Crippen LogP) is 3.83. The smallest absolute Gasteiger partial charge is 0.213 e. The van der Waals surface area contributed by atoms with Crippen molar-refractivity contribution in [3.63, 3.8) is 0 Å². The van der Waals surface area contributed by atoms with Crippen molar-refractivity contribution in [3.05, 3.63) is 53.5 Å². The maximum atomic E-state index is 14.0. The molecular formula is C22H29FN4O2. The third-order valence-corrected chi connectivity index (χ3v) is 4.76. The van der Waals surface area contributed by atoms with Crippen molar-refractivity contribution in [2.45, 2.75) is 39.3 Å². The van der Waals surface area contributed by atoms with Gasteiger partial charge < -0.3 is 20.1 Å². The van der Waals surface area contributed by atoms with Crippen LogP contribution in [0.15, 0.2) is 41.5 Å². The van der Waals surface area contributed by atoms with Crippen molar-refractivity contribution in [2.24, 2.45) is 10.9 Å². The Morgan fingerprint density at radius 2 is 2.14 bits per heavy atom. The van der Waals surface area contributed by atoms with Crippen molar-refractivity contribution in [3.8, 4) is 11.6 Å². The minimum absolute atomic E-state index is 0.122. The van der Waals surface area contributed by atoms with Crippen LogP contribution in [0.5, 0.6) is 11.6 Å². The normalized spacial score (nSPS) is 15.0. The first-order valence-electron chi connectivity index (χ1n) is 10.0. The molecule has 29 heavy (non-hydrogen) atoms. The van der Waals surface area contributed by atoms with Crippen LogP contribution >= 0.6 is 0 Å². The molecule has 1 heterocycles. The van der Waals surface area contributed by atoms with E-state index in [2.05, 4.69) is 20.6 Å². The molecule has 2 N–H and O–H groups in total. The number of pyridine rings is 1. The van der Waals surface area contributed by atoms with E-state index < -0.39 is 0 Å². The molecule has 1 saturated carbocycles. The van der Waals surface area contributed by atoms with Crippen LogP contribution in [0.2, 0.25) is 0 Å². The molecule has 0 amide bonds. The molecule has 1 aromatic carbocycles. The number of hydrogen-bond donors (Lipinski definition) is 2. The Morgan fingerprint density at radius 1 is 1.31 bits per heavy atom. The van der Waals surface area contributed by atoms with E-state index in [4.69, 9.17) is 9.47 Å². The topological polar surface area (TPSA) is 67.8 Å². The molecule has 1 fully saturated rings. The Hall–Kier alpha value is -2.83. The Balaban J connectivity index is 1.63. The van der Waals surface area contributed by atoms with Crippen LogP contribution in [0.3, 0.4) is 0 Å². The van der Waals surface area contributed by atoms with E-state index in [0.717, 1.165) is 24.3 Å². The van der Waals surface area contributed by atoms with E-state index in [1.54, 1.807) is 12.3 Å². The molecule has 156 valence electrons. The lowest BCUT2D eigenvalue weighted by Crippen LogP contribution is -2.38. The zero-order valence-corrected chi connectivity index (χ0v) is 17.2. The lowest BCUT2D eigenvalue weighted by atomic mass is 10.1. The van der Waals surface area contributed by atoms with Crippen molar-refractivity contribution < 1.29 is 13.9 Å². The molecule has 0 radical (unpaired) electrons. The second-order valence-electron chi connectivity index (χ2n) is 7.21. The van der Waals surface area contributed by atoms with Crippen LogP contribution in [0.4, 0.5) is 4.39 Å². The number of methoxy groups -OCH3 is 1. The van der Waals surface area contributed by atoms with Gasteiger partial charge in [0.15, 0.2) is 17.5 Å². The summed E-state index contributed by atoms with van der Waals surface area (Å²) in [7, 11) is 1.46. The number of nitrogens with one attached hydrogen (secondary N) is 2. The summed E-state index contributed by atoms with van der Waals surface area (Å²) in [6.07, 6.45) is 4.24. The molecular weight excluding hydrogens is 371 g/mol. The van der Waals surface area contributed by atoms with E-state index >= 15 is 0 Å². The fourth-order valence-electron chi connectivity index (χ4n) is 2.85. The number of nitrogens with zero attached hydrogens (tertiary/aromatic N) is 2. The van der Waals surface area contributed by atoms with Crippen LogP contribution in [0, 0.1) is 11.7 Å². The van der Waals surface area contributed by atoms with E-state index in [1.807, 2.05) is 32.0 Å². The molecule has 1 aliphatic carbocycles. The van der Waals surface area contributed by atoms with Crippen LogP contribution in [-0.4, -0.2) is 31.2 Å². The van der Waals surface area contributed by atoms with Gasteiger partial charge in [0.05, 0.1) is 26.3 Å². The van der Waals surface area contributed by atoms with Gasteiger partial charge in [-0.3, -0.25) is 0 Å². The molecule has 1 atom stereocenters. The number of guanidine groups is 1. The maximum Gasteiger partial charge on any atom is 0.213 e. The Labute approximate surface area is 171 Å². The molecule has 6 nitrogen and oxygen atoms in total. The summed E-state index contributed by atoms with van der Waals surface area (Å²) in [5, 5.41) is 6.54. The average Bonchev–Trinajstić information content (AvgIpc) is 3.55. The molecule has 7 heteroatoms. The monoisotopic (exact) mass is 400 g/mol. The Bertz CT molecular complexity index is 839. The first-order valence-corrected chi connectivity index (χ1v) is 10.0. The minimum atomic E-state index is -0.379. The van der Waals surface area contributed by atoms with Gasteiger partial charge in [-0.1, -0.05) is 6.07 Å². The van der Waals surface area contributed by atoms with Gasteiger partial charge >= 0.3 is 0 Å². The highest BCUT2D eigenvalue weighted by molar-refractivity contribution is 5.80. The molecule has 0 aliphatic heterocycles. The number of halogens is 1. The largest absolute Gasteiger partial charge is 0.494 e. The van der Waals surface area contributed by atoms with Gasteiger partial charge in [-0.25, -0.2) is 14.4 Å². The van der Waals surface area contributed by atoms with Crippen molar-refractivity contribution in [1.29, 1.82) is 0 Å². The van der Waals surface area contributed by atoms with Gasteiger partial charge in [0.1, 0.15) is 0 Å². The average molecular weight is 400 g/mol. The quantitative estimate of drug-likeness (QED) is 0.495. The van der Waals surface area contributed by atoms with Crippen LogP contribution < -0.4 is 20.1 Å². The number of benzene rings is 1. The summed E-state index contributed by atoms with van der Waals surface area (Å²) in [6.45, 7) is 5.92. The Morgan fingerprint density at radius 3 is 2.83 bits per heavy atom. The van der Waals surface area contributed by atoms with Crippen molar-refractivity contribution in [2.75, 3.05) is 20.3 Å². The zero-order chi connectivity index (χ0) is 20.6. The highest BCUT2D eigenvalue weighted by Crippen LogP contribution is 2.29. The lowest BCUT2D eigenvalue weighted by molar-refractivity contribution is 0.288. The zero-order valence-electron chi connectivity index (χ0n) is 17.2. The second kappa shape index (κ2) is 10.1. The molecule has 1 aliphatic rings. The lowest BCUT2D eigenvalue weighted by Gasteiger charge is -2.18. The van der Waals surface area contributed by atoms with Crippen molar-refractivity contribution in [1.82, 2.24) is 15.6 Å². The van der Waals surface area contributed by atoms with Crippen LogP contribution in [0.25, 0.3) is 0 Å². The van der Waals surface area contributed by atoms with E-state index in [0.29, 0.717) is 24.3 Å². The van der Waals surface area contributed by atoms with Gasteiger partial charge in [-0.05, 0) is 61.9 Å². The number of aliphatic imine (C=N–C) groups is 1. The first-order chi connectivity index (χ1) is 14.1. The standard InChI is InChI=1S/C22H29FN4O2/c1-4-24-22(27-15(2)18-7-8-20(28-3)19(23)12-18)26-13-17-9-10-25-21(11-17)29-14-16-5-6-16/h7-12,15-16H,4-6,13-14H2,1-3H3,(H2,24,26,27). The van der Waals surface area contributed by atoms with Gasteiger partial charge in [-0.2, -0.15) is 0 Å². The molecule has 0 saturated heterocycles. The highest BCUT2D eigenvalue weighted by Gasteiger charge is 2.22. The van der Waals surface area contributed by atoms with Gasteiger partial charge in [0.25, 0.3) is 0 Å². The van der Waals surface area contributed by atoms with E-state index in [1.165, 1.54) is 26.0 Å². The summed E-state index contributed by atoms with van der Waals surface area (Å²) < 4.78 is 24.7. The van der Waals surface area contributed by atoms with Crippen LogP contribution in [-0.2, 0) is 6.54 Å². The van der Waals surface area contributed by atoms with Gasteiger partial charge in [0.2, 0.25) is 5.88 Å². The predicted molar refractivity (Wildman–Crippen MR) is 112 cm³/mol. The third-order valence-electron chi connectivity index (χ3n) is 4.76. The highest BCUT2D eigenvalue weighted by atomic mass is 19.1. The van der Waals surface area contributed by atoms with E-state index in [-0.39, 0.29) is 17.6 Å². The molecule has 1 aromatic heterocycles. The fourth-order valence-corrected chi connectivity index (χ4v) is 2.85. The summed E-state index contributed by atoms with van der Waals surface area (Å²) in [5.74, 6) is 1.85. The maximum absolute atomic E-state index is 14.0. The van der Waals surface area contributed by atoms with Gasteiger partial charge in [-0.15, -0.1) is 0 Å². The number of aromatic nitrogens is 1. The SMILES string of the molecule is CCNC(=NCc1ccnc(OCC2CC2)c1)NC(C)c1ccc(OC)c(F)c1. The summed E-state index contributed by atoms with van der Waals surface area (Å²) in [5.41, 5.74) is 1.83. The number of hydrogen-bond acceptors (Lipinski definition) is 4. The molecule has 0 spiro atoms. The van der Waals surface area contributed by atoms with E-state index in [9.17, 15) is 4.39 Å². The summed E-state index contributed by atoms with van der Waals surface area (Å²) in [4.78, 5) is 8.91. The Kier molecular flexibility index (Phi) is 7.27. The molecule has 0 bridgehead atoms.